The molecule has 3 atom stereocenters. The van der Waals surface area contributed by atoms with E-state index in [2.05, 4.69) is 22.0 Å². The minimum Gasteiger partial charge on any atom is -0.338 e. The van der Waals surface area contributed by atoms with Crippen LogP contribution in [-0.4, -0.2) is 47.2 Å². The van der Waals surface area contributed by atoms with Crippen molar-refractivity contribution in [2.75, 3.05) is 11.9 Å². The van der Waals surface area contributed by atoms with Gasteiger partial charge in [0.15, 0.2) is 0 Å². The number of hydrogen-bond donors (Lipinski definition) is 3. The second kappa shape index (κ2) is 10.1. The van der Waals surface area contributed by atoms with Crippen LogP contribution in [0.1, 0.15) is 64.0 Å². The molecule has 0 bridgehead atoms. The molecule has 2 aromatic carbocycles. The molecule has 208 valence electrons. The predicted molar refractivity (Wildman–Crippen MR) is 149 cm³/mol. The van der Waals surface area contributed by atoms with Crippen molar-refractivity contribution in [3.8, 4) is 6.07 Å². The SMILES string of the molecule is CC(C)(C)C[C@H](NC(=O)C(=O)NC1(c2ccccc2)CCC1)C(=O)N1C[C@]2(CC1C#N)C(=O)Nc1ccccc12. The quantitative estimate of drug-likeness (QED) is 0.501. The van der Waals surface area contributed by atoms with E-state index in [0.29, 0.717) is 5.69 Å². The normalized spacial score (nSPS) is 23.4. The van der Waals surface area contributed by atoms with Crippen molar-refractivity contribution in [3.63, 3.8) is 0 Å². The number of nitriles is 1. The molecule has 2 heterocycles. The summed E-state index contributed by atoms with van der Waals surface area (Å²) in [5.74, 6) is -2.41. The van der Waals surface area contributed by atoms with Gasteiger partial charge in [-0.05, 0) is 48.3 Å². The zero-order chi connectivity index (χ0) is 28.7. The molecule has 0 radical (unpaired) electrons. The Balaban J connectivity index is 1.36. The van der Waals surface area contributed by atoms with Crippen molar-refractivity contribution < 1.29 is 19.2 Å². The highest BCUT2D eigenvalue weighted by molar-refractivity contribution is 6.35. The molecule has 1 saturated heterocycles. The molecule has 1 aliphatic carbocycles. The number of hydrogen-bond acceptors (Lipinski definition) is 5. The van der Waals surface area contributed by atoms with Crippen molar-refractivity contribution in [2.45, 2.75) is 75.9 Å². The van der Waals surface area contributed by atoms with Gasteiger partial charge in [0, 0.05) is 18.7 Å². The largest absolute Gasteiger partial charge is 0.338 e. The van der Waals surface area contributed by atoms with Crippen molar-refractivity contribution in [2.24, 2.45) is 5.41 Å². The van der Waals surface area contributed by atoms with E-state index in [4.69, 9.17) is 0 Å². The molecule has 2 aromatic rings. The number of nitrogens with one attached hydrogen (secondary N) is 3. The Morgan fingerprint density at radius 3 is 2.38 bits per heavy atom. The fourth-order valence-electron chi connectivity index (χ4n) is 6.27. The first kappa shape index (κ1) is 27.4. The van der Waals surface area contributed by atoms with Gasteiger partial charge < -0.3 is 20.9 Å². The Labute approximate surface area is 234 Å². The summed E-state index contributed by atoms with van der Waals surface area (Å²) in [5, 5.41) is 18.5. The minimum atomic E-state index is -1.04. The second-order valence-electron chi connectivity index (χ2n) is 12.4. The summed E-state index contributed by atoms with van der Waals surface area (Å²) in [6.07, 6.45) is 2.80. The fraction of sp³-hybridized carbons (Fsp3) is 0.452. The summed E-state index contributed by atoms with van der Waals surface area (Å²) >= 11 is 0. The number of anilines is 1. The summed E-state index contributed by atoms with van der Waals surface area (Å²) in [6, 6.07) is 17.2. The summed E-state index contributed by atoms with van der Waals surface area (Å²) in [4.78, 5) is 54.9. The van der Waals surface area contributed by atoms with Crippen molar-refractivity contribution in [1.29, 1.82) is 5.26 Å². The van der Waals surface area contributed by atoms with Crippen molar-refractivity contribution in [3.05, 3.63) is 65.7 Å². The maximum Gasteiger partial charge on any atom is 0.310 e. The highest BCUT2D eigenvalue weighted by Crippen LogP contribution is 2.46. The third kappa shape index (κ3) is 4.83. The van der Waals surface area contributed by atoms with Gasteiger partial charge in [-0.3, -0.25) is 19.2 Å². The van der Waals surface area contributed by atoms with Gasteiger partial charge in [0.25, 0.3) is 0 Å². The Morgan fingerprint density at radius 2 is 1.75 bits per heavy atom. The lowest BCUT2D eigenvalue weighted by atomic mass is 9.72. The summed E-state index contributed by atoms with van der Waals surface area (Å²) < 4.78 is 0. The molecule has 3 aliphatic rings. The summed E-state index contributed by atoms with van der Waals surface area (Å²) in [5.41, 5.74) is 0.373. The lowest BCUT2D eigenvalue weighted by molar-refractivity contribution is -0.144. The number of carbonyl (C=O) groups excluding carboxylic acids is 4. The van der Waals surface area contributed by atoms with Gasteiger partial charge in [0.1, 0.15) is 12.1 Å². The molecule has 9 nitrogen and oxygen atoms in total. The third-order valence-corrected chi connectivity index (χ3v) is 8.43. The first-order valence-corrected chi connectivity index (χ1v) is 13.8. The Hall–Kier alpha value is -4.19. The molecule has 9 heteroatoms. The van der Waals surface area contributed by atoms with E-state index >= 15 is 0 Å². The van der Waals surface area contributed by atoms with Crippen LogP contribution in [0.15, 0.2) is 54.6 Å². The fourth-order valence-corrected chi connectivity index (χ4v) is 6.27. The predicted octanol–water partition coefficient (Wildman–Crippen LogP) is 3.12. The standard InChI is InChI=1S/C31H35N5O4/c1-29(2,3)17-24(33-25(37)26(38)35-31(14-9-15-31)20-10-5-4-6-11-20)27(39)36-19-30(16-21(36)18-32)22-12-7-8-13-23(22)34-28(30)40/h4-8,10-13,21,24H,9,14-17,19H2,1-3H3,(H,33,37)(H,34,40)(H,35,38)/t21?,24-,30-/m0/s1. The molecule has 5 rings (SSSR count). The van der Waals surface area contributed by atoms with Gasteiger partial charge >= 0.3 is 11.8 Å². The molecule has 1 unspecified atom stereocenters. The van der Waals surface area contributed by atoms with Gasteiger partial charge in [-0.1, -0.05) is 69.3 Å². The van der Waals surface area contributed by atoms with Gasteiger partial charge in [-0.25, -0.2) is 0 Å². The smallest absolute Gasteiger partial charge is 0.310 e. The first-order chi connectivity index (χ1) is 19.0. The third-order valence-electron chi connectivity index (χ3n) is 8.43. The molecular weight excluding hydrogens is 506 g/mol. The molecule has 1 spiro atoms. The van der Waals surface area contributed by atoms with Gasteiger partial charge in [0.2, 0.25) is 11.8 Å². The second-order valence-corrected chi connectivity index (χ2v) is 12.4. The lowest BCUT2D eigenvalue weighted by Gasteiger charge is -2.43. The molecule has 2 fully saturated rings. The van der Waals surface area contributed by atoms with Crippen LogP contribution in [0.5, 0.6) is 0 Å². The van der Waals surface area contributed by atoms with E-state index in [1.165, 1.54) is 4.90 Å². The van der Waals surface area contributed by atoms with Gasteiger partial charge in [-0.15, -0.1) is 0 Å². The summed E-state index contributed by atoms with van der Waals surface area (Å²) in [6.45, 7) is 5.83. The van der Waals surface area contributed by atoms with Crippen molar-refractivity contribution in [1.82, 2.24) is 15.5 Å². The Bertz CT molecular complexity index is 1390. The van der Waals surface area contributed by atoms with Gasteiger partial charge in [0.05, 0.1) is 17.0 Å². The van der Waals surface area contributed by atoms with Crippen LogP contribution in [0.4, 0.5) is 5.69 Å². The first-order valence-electron chi connectivity index (χ1n) is 13.8. The number of nitrogens with zero attached hydrogens (tertiary/aromatic N) is 2. The van der Waals surface area contributed by atoms with Crippen LogP contribution in [0.2, 0.25) is 0 Å². The van der Waals surface area contributed by atoms with E-state index in [9.17, 15) is 24.4 Å². The zero-order valence-corrected chi connectivity index (χ0v) is 23.1. The number of carbonyl (C=O) groups is 4. The highest BCUT2D eigenvalue weighted by atomic mass is 16.2. The number of rotatable bonds is 5. The number of para-hydroxylation sites is 1. The maximum atomic E-state index is 14.0. The number of benzene rings is 2. The Kier molecular flexibility index (Phi) is 6.90. The van der Waals surface area contributed by atoms with Gasteiger partial charge in [-0.2, -0.15) is 5.26 Å². The van der Waals surface area contributed by atoms with Crippen LogP contribution < -0.4 is 16.0 Å². The minimum absolute atomic E-state index is 0.0206. The van der Waals surface area contributed by atoms with E-state index in [1.54, 1.807) is 6.07 Å². The number of amides is 4. The number of fused-ring (bicyclic) bond motifs is 2. The molecule has 0 aromatic heterocycles. The Morgan fingerprint density at radius 1 is 1.07 bits per heavy atom. The van der Waals surface area contributed by atoms with E-state index < -0.39 is 40.8 Å². The molecule has 3 N–H and O–H groups in total. The number of likely N-dealkylation sites (tertiary alicyclic amines) is 1. The van der Waals surface area contributed by atoms with Crippen molar-refractivity contribution >= 4 is 29.3 Å². The molecule has 40 heavy (non-hydrogen) atoms. The monoisotopic (exact) mass is 541 g/mol. The van der Waals surface area contributed by atoms with Crippen LogP contribution in [-0.2, 0) is 30.1 Å². The van der Waals surface area contributed by atoms with Crippen LogP contribution in [0.3, 0.4) is 0 Å². The lowest BCUT2D eigenvalue weighted by Crippen LogP contribution is -2.58. The molecule has 4 amide bonds. The molecular formula is C31H35N5O4. The van der Waals surface area contributed by atoms with Crippen LogP contribution in [0.25, 0.3) is 0 Å². The molecule has 2 aliphatic heterocycles. The average molecular weight is 542 g/mol. The van der Waals surface area contributed by atoms with Crippen LogP contribution >= 0.6 is 0 Å². The zero-order valence-electron chi connectivity index (χ0n) is 23.1. The van der Waals surface area contributed by atoms with Crippen LogP contribution in [0, 0.1) is 16.7 Å². The summed E-state index contributed by atoms with van der Waals surface area (Å²) in [7, 11) is 0. The van der Waals surface area contributed by atoms with E-state index in [-0.39, 0.29) is 30.7 Å². The maximum absolute atomic E-state index is 14.0. The van der Waals surface area contributed by atoms with E-state index in [0.717, 1.165) is 30.4 Å². The molecule has 1 saturated carbocycles. The van der Waals surface area contributed by atoms with E-state index in [1.807, 2.05) is 69.3 Å². The highest BCUT2D eigenvalue weighted by Gasteiger charge is 2.56. The topological polar surface area (TPSA) is 131 Å². The average Bonchev–Trinajstić information content (AvgIpc) is 3.43.